The smallest absolute Gasteiger partial charge is 0.270 e. The summed E-state index contributed by atoms with van der Waals surface area (Å²) < 4.78 is 5.82. The van der Waals surface area contributed by atoms with Crippen LogP contribution in [0.15, 0.2) is 40.8 Å². The third-order valence-electron chi connectivity index (χ3n) is 3.17. The van der Waals surface area contributed by atoms with E-state index in [9.17, 15) is 10.1 Å². The number of nitrogens with zero attached hydrogens (tertiary/aromatic N) is 1. The first-order chi connectivity index (χ1) is 9.65. The first-order valence-electron chi connectivity index (χ1n) is 6.73. The molecule has 0 aliphatic heterocycles. The van der Waals surface area contributed by atoms with E-state index in [1.165, 1.54) is 12.1 Å². The fourth-order valence-corrected chi connectivity index (χ4v) is 2.16. The van der Waals surface area contributed by atoms with Crippen molar-refractivity contribution in [2.75, 3.05) is 6.54 Å². The quantitative estimate of drug-likeness (QED) is 0.640. The summed E-state index contributed by atoms with van der Waals surface area (Å²) >= 11 is 0. The Morgan fingerprint density at radius 1 is 1.30 bits per heavy atom. The zero-order chi connectivity index (χ0) is 14.5. The van der Waals surface area contributed by atoms with Crippen molar-refractivity contribution in [3.63, 3.8) is 0 Å². The predicted molar refractivity (Wildman–Crippen MR) is 77.5 cm³/mol. The van der Waals surface area contributed by atoms with Crippen molar-refractivity contribution in [1.29, 1.82) is 0 Å². The van der Waals surface area contributed by atoms with Crippen LogP contribution in [0.4, 0.5) is 5.69 Å². The predicted octanol–water partition coefficient (Wildman–Crippen LogP) is 3.92. The molecule has 0 bridgehead atoms. The van der Waals surface area contributed by atoms with Crippen LogP contribution >= 0.6 is 0 Å². The highest BCUT2D eigenvalue weighted by Crippen LogP contribution is 2.28. The van der Waals surface area contributed by atoms with Gasteiger partial charge < -0.3 is 9.73 Å². The summed E-state index contributed by atoms with van der Waals surface area (Å²) in [6, 6.07) is 10.4. The molecule has 2 rings (SSSR count). The maximum Gasteiger partial charge on any atom is 0.270 e. The van der Waals surface area contributed by atoms with Crippen LogP contribution < -0.4 is 5.32 Å². The van der Waals surface area contributed by atoms with Crippen molar-refractivity contribution in [3.05, 3.63) is 52.3 Å². The van der Waals surface area contributed by atoms with Gasteiger partial charge in [-0.05, 0) is 25.1 Å². The number of hydrogen-bond donors (Lipinski definition) is 1. The molecule has 0 aliphatic carbocycles. The molecule has 20 heavy (non-hydrogen) atoms. The lowest BCUT2D eigenvalue weighted by atomic mass is 10.1. The second kappa shape index (κ2) is 6.34. The summed E-state index contributed by atoms with van der Waals surface area (Å²) in [6.45, 7) is 5.00. The second-order valence-electron chi connectivity index (χ2n) is 4.53. The van der Waals surface area contributed by atoms with Crippen molar-refractivity contribution >= 4 is 5.69 Å². The zero-order valence-electron chi connectivity index (χ0n) is 11.6. The number of nitro benzene ring substituents is 1. The van der Waals surface area contributed by atoms with E-state index in [2.05, 4.69) is 12.2 Å². The minimum absolute atomic E-state index is 0.0687. The lowest BCUT2D eigenvalue weighted by Gasteiger charge is -2.12. The molecule has 0 aliphatic rings. The zero-order valence-corrected chi connectivity index (χ0v) is 11.6. The Hall–Kier alpha value is -2.14. The highest BCUT2D eigenvalue weighted by Gasteiger charge is 2.14. The van der Waals surface area contributed by atoms with E-state index in [0.717, 1.165) is 24.3 Å². The first kappa shape index (κ1) is 14.3. The van der Waals surface area contributed by atoms with Gasteiger partial charge in [-0.1, -0.05) is 26.0 Å². The van der Waals surface area contributed by atoms with Crippen molar-refractivity contribution in [3.8, 4) is 11.3 Å². The number of nitro groups is 1. The Balaban J connectivity index is 2.28. The van der Waals surface area contributed by atoms with Crippen molar-refractivity contribution in [2.24, 2.45) is 0 Å². The third-order valence-corrected chi connectivity index (χ3v) is 3.17. The van der Waals surface area contributed by atoms with Gasteiger partial charge in [0.15, 0.2) is 0 Å². The SMILES string of the molecule is CCNC(CC)c1ccc(-c2cccc([N+](=O)[O-])c2)o1. The van der Waals surface area contributed by atoms with Crippen LogP contribution in [0.25, 0.3) is 11.3 Å². The molecule has 0 spiro atoms. The highest BCUT2D eigenvalue weighted by atomic mass is 16.6. The highest BCUT2D eigenvalue weighted by molar-refractivity contribution is 5.61. The minimum atomic E-state index is -0.402. The van der Waals surface area contributed by atoms with Crippen LogP contribution in [0.3, 0.4) is 0 Å². The summed E-state index contributed by atoms with van der Waals surface area (Å²) in [7, 11) is 0. The lowest BCUT2D eigenvalue weighted by Crippen LogP contribution is -2.19. The Morgan fingerprint density at radius 3 is 2.75 bits per heavy atom. The van der Waals surface area contributed by atoms with Gasteiger partial charge in [-0.3, -0.25) is 10.1 Å². The monoisotopic (exact) mass is 274 g/mol. The van der Waals surface area contributed by atoms with Gasteiger partial charge in [0.25, 0.3) is 5.69 Å². The van der Waals surface area contributed by atoms with Gasteiger partial charge in [0.2, 0.25) is 0 Å². The van der Waals surface area contributed by atoms with Crippen molar-refractivity contribution < 1.29 is 9.34 Å². The molecular weight excluding hydrogens is 256 g/mol. The Kier molecular flexibility index (Phi) is 4.53. The maximum atomic E-state index is 10.8. The summed E-state index contributed by atoms with van der Waals surface area (Å²) in [5, 5.41) is 14.1. The van der Waals surface area contributed by atoms with E-state index in [-0.39, 0.29) is 11.7 Å². The Morgan fingerprint density at radius 2 is 2.10 bits per heavy atom. The van der Waals surface area contributed by atoms with Crippen molar-refractivity contribution in [1.82, 2.24) is 5.32 Å². The summed E-state index contributed by atoms with van der Waals surface area (Å²) in [6.07, 6.45) is 0.926. The number of furan rings is 1. The number of nitrogens with one attached hydrogen (secondary N) is 1. The lowest BCUT2D eigenvalue weighted by molar-refractivity contribution is -0.384. The third kappa shape index (κ3) is 3.05. The molecule has 1 heterocycles. The van der Waals surface area contributed by atoms with Crippen LogP contribution in [0.5, 0.6) is 0 Å². The van der Waals surface area contributed by atoms with Crippen LogP contribution in [0.2, 0.25) is 0 Å². The van der Waals surface area contributed by atoms with Crippen LogP contribution in [-0.2, 0) is 0 Å². The van der Waals surface area contributed by atoms with E-state index in [4.69, 9.17) is 4.42 Å². The van der Waals surface area contributed by atoms with Crippen LogP contribution in [0.1, 0.15) is 32.1 Å². The fourth-order valence-electron chi connectivity index (χ4n) is 2.16. The van der Waals surface area contributed by atoms with Gasteiger partial charge in [-0.15, -0.1) is 0 Å². The van der Waals surface area contributed by atoms with Gasteiger partial charge in [0, 0.05) is 17.7 Å². The summed E-state index contributed by atoms with van der Waals surface area (Å²) in [5.74, 6) is 1.51. The van der Waals surface area contributed by atoms with Gasteiger partial charge in [-0.25, -0.2) is 0 Å². The second-order valence-corrected chi connectivity index (χ2v) is 4.53. The molecule has 0 radical (unpaired) electrons. The number of non-ortho nitro benzene ring substituents is 1. The molecule has 0 saturated heterocycles. The van der Waals surface area contributed by atoms with Gasteiger partial charge in [0.05, 0.1) is 11.0 Å². The molecule has 5 heteroatoms. The van der Waals surface area contributed by atoms with Gasteiger partial charge in [0.1, 0.15) is 11.5 Å². The standard InChI is InChI=1S/C15H18N2O3/c1-3-13(16-4-2)15-9-8-14(20-15)11-6-5-7-12(10-11)17(18)19/h5-10,13,16H,3-4H2,1-2H3. The molecule has 1 atom stereocenters. The summed E-state index contributed by atoms with van der Waals surface area (Å²) in [4.78, 5) is 10.4. The molecule has 1 aromatic heterocycles. The number of rotatable bonds is 6. The average Bonchev–Trinajstić information content (AvgIpc) is 2.94. The minimum Gasteiger partial charge on any atom is -0.459 e. The molecule has 1 unspecified atom stereocenters. The Bertz CT molecular complexity index is 592. The Labute approximate surface area is 117 Å². The van der Waals surface area contributed by atoms with E-state index in [1.54, 1.807) is 6.07 Å². The molecule has 106 valence electrons. The number of benzene rings is 1. The average molecular weight is 274 g/mol. The topological polar surface area (TPSA) is 68.3 Å². The first-order valence-corrected chi connectivity index (χ1v) is 6.73. The molecule has 0 amide bonds. The van der Waals surface area contributed by atoms with Crippen LogP contribution in [0, 0.1) is 10.1 Å². The fraction of sp³-hybridized carbons (Fsp3) is 0.333. The molecule has 0 saturated carbocycles. The molecule has 5 nitrogen and oxygen atoms in total. The number of hydrogen-bond acceptors (Lipinski definition) is 4. The van der Waals surface area contributed by atoms with Gasteiger partial charge >= 0.3 is 0 Å². The largest absolute Gasteiger partial charge is 0.459 e. The normalized spacial score (nSPS) is 12.3. The van der Waals surface area contributed by atoms with Gasteiger partial charge in [-0.2, -0.15) is 0 Å². The molecule has 0 fully saturated rings. The molecule has 2 aromatic rings. The maximum absolute atomic E-state index is 10.8. The molecule has 1 N–H and O–H groups in total. The summed E-state index contributed by atoms with van der Waals surface area (Å²) in [5.41, 5.74) is 0.788. The van der Waals surface area contributed by atoms with Crippen molar-refractivity contribution in [2.45, 2.75) is 26.3 Å². The van der Waals surface area contributed by atoms with E-state index in [1.807, 2.05) is 25.1 Å². The van der Waals surface area contributed by atoms with E-state index < -0.39 is 4.92 Å². The van der Waals surface area contributed by atoms with E-state index >= 15 is 0 Å². The molecular formula is C15H18N2O3. The van der Waals surface area contributed by atoms with E-state index in [0.29, 0.717) is 5.76 Å². The molecule has 1 aromatic carbocycles. The van der Waals surface area contributed by atoms with Crippen LogP contribution in [-0.4, -0.2) is 11.5 Å².